The van der Waals surface area contributed by atoms with Crippen LogP contribution in [0.15, 0.2) is 24.3 Å². The van der Waals surface area contributed by atoms with Crippen molar-refractivity contribution >= 4 is 11.8 Å². The maximum Gasteiger partial charge on any atom is 0.501 e. The van der Waals surface area contributed by atoms with Crippen LogP contribution >= 0.6 is 0 Å². The van der Waals surface area contributed by atoms with Crippen molar-refractivity contribution < 1.29 is 28.2 Å². The molecule has 0 spiro atoms. The number of carbonyl (C=O) groups is 2. The largest absolute Gasteiger partial charge is 0.501 e. The predicted octanol–water partition coefficient (Wildman–Crippen LogP) is 4.68. The Bertz CT molecular complexity index is 512. The number of unbranched alkanes of at least 4 members (excludes halogenated alkanes) is 5. The number of benzene rings is 1. The van der Waals surface area contributed by atoms with E-state index in [2.05, 4.69) is 11.7 Å². The molecule has 0 saturated heterocycles. The van der Waals surface area contributed by atoms with E-state index in [9.17, 15) is 18.4 Å². The Labute approximate surface area is 134 Å². The number of carbonyl (C=O) groups excluding carboxylic acids is 1. The Morgan fingerprint density at radius 1 is 1.04 bits per heavy atom. The molecule has 4 nitrogen and oxygen atoms in total. The van der Waals surface area contributed by atoms with E-state index in [0.29, 0.717) is 12.0 Å². The molecular formula is C17H22F2O4. The van der Waals surface area contributed by atoms with Crippen molar-refractivity contribution in [3.8, 4) is 5.75 Å². The number of alkyl halides is 2. The molecule has 0 fully saturated rings. The van der Waals surface area contributed by atoms with E-state index in [-0.39, 0.29) is 11.5 Å². The first-order valence-corrected chi connectivity index (χ1v) is 7.80. The molecule has 0 bridgehead atoms. The van der Waals surface area contributed by atoms with E-state index in [4.69, 9.17) is 5.11 Å². The zero-order valence-electron chi connectivity index (χ0n) is 13.2. The summed E-state index contributed by atoms with van der Waals surface area (Å²) in [7, 11) is 0. The number of rotatable bonds is 11. The molecular weight excluding hydrogens is 306 g/mol. The van der Waals surface area contributed by atoms with Crippen molar-refractivity contribution in [1.29, 1.82) is 0 Å². The average molecular weight is 328 g/mol. The van der Waals surface area contributed by atoms with E-state index in [1.165, 1.54) is 43.5 Å². The number of hydrogen-bond acceptors (Lipinski definition) is 3. The van der Waals surface area contributed by atoms with Crippen LogP contribution < -0.4 is 4.74 Å². The molecule has 0 saturated carbocycles. The van der Waals surface area contributed by atoms with Gasteiger partial charge < -0.3 is 9.84 Å². The molecule has 0 radical (unpaired) electrons. The third-order valence-corrected chi connectivity index (χ3v) is 3.43. The molecule has 0 aliphatic rings. The number of hydrogen-bond donors (Lipinski definition) is 1. The lowest BCUT2D eigenvalue weighted by Gasteiger charge is -2.13. The monoisotopic (exact) mass is 328 g/mol. The van der Waals surface area contributed by atoms with Gasteiger partial charge in [-0.05, 0) is 30.7 Å². The van der Waals surface area contributed by atoms with Gasteiger partial charge in [0.1, 0.15) is 5.75 Å². The van der Waals surface area contributed by atoms with Gasteiger partial charge in [0.25, 0.3) is 0 Å². The molecule has 1 aromatic carbocycles. The van der Waals surface area contributed by atoms with Gasteiger partial charge >= 0.3 is 12.1 Å². The summed E-state index contributed by atoms with van der Waals surface area (Å²) < 4.78 is 29.9. The third kappa shape index (κ3) is 6.76. The van der Waals surface area contributed by atoms with E-state index in [1.807, 2.05) is 0 Å². The van der Waals surface area contributed by atoms with Crippen LogP contribution in [0.25, 0.3) is 0 Å². The highest BCUT2D eigenvalue weighted by molar-refractivity contribution is 5.96. The highest BCUT2D eigenvalue weighted by Gasteiger charge is 2.42. The summed E-state index contributed by atoms with van der Waals surface area (Å²) in [5.74, 6) is -2.72. The Kier molecular flexibility index (Phi) is 7.65. The second kappa shape index (κ2) is 9.22. The Hall–Kier alpha value is -1.98. The molecule has 0 atom stereocenters. The molecule has 1 rings (SSSR count). The summed E-state index contributed by atoms with van der Waals surface area (Å²) in [5, 5.41) is 8.29. The lowest BCUT2D eigenvalue weighted by molar-refractivity contribution is -0.210. The SMILES string of the molecule is CCCCCCCCC(=O)c1ccc(OC(F)(F)C(=O)O)cc1. The molecule has 128 valence electrons. The molecule has 0 aliphatic heterocycles. The molecule has 6 heteroatoms. The minimum Gasteiger partial charge on any atom is -0.474 e. The summed E-state index contributed by atoms with van der Waals surface area (Å²) >= 11 is 0. The minimum absolute atomic E-state index is 0.0583. The van der Waals surface area contributed by atoms with E-state index >= 15 is 0 Å². The molecule has 0 aliphatic carbocycles. The van der Waals surface area contributed by atoms with Gasteiger partial charge in [0.15, 0.2) is 5.78 Å². The van der Waals surface area contributed by atoms with Crippen LogP contribution in [0.4, 0.5) is 8.78 Å². The van der Waals surface area contributed by atoms with Crippen LogP contribution in [0.2, 0.25) is 0 Å². The molecule has 0 amide bonds. The molecule has 1 N–H and O–H groups in total. The summed E-state index contributed by atoms with van der Waals surface area (Å²) in [6.45, 7) is 2.14. The fraction of sp³-hybridized carbons (Fsp3) is 0.529. The zero-order valence-corrected chi connectivity index (χ0v) is 13.2. The zero-order chi connectivity index (χ0) is 17.3. The van der Waals surface area contributed by atoms with Gasteiger partial charge in [0.05, 0.1) is 0 Å². The van der Waals surface area contributed by atoms with E-state index < -0.39 is 12.1 Å². The maximum absolute atomic E-state index is 12.9. The molecule has 1 aromatic rings. The molecule has 0 aromatic heterocycles. The standard InChI is InChI=1S/C17H22F2O4/c1-2-3-4-5-6-7-8-15(20)13-9-11-14(12-10-13)23-17(18,19)16(21)22/h9-12H,2-8H2,1H3,(H,21,22). The van der Waals surface area contributed by atoms with Gasteiger partial charge in [-0.25, -0.2) is 4.79 Å². The van der Waals surface area contributed by atoms with Crippen molar-refractivity contribution in [2.75, 3.05) is 0 Å². The van der Waals surface area contributed by atoms with Gasteiger partial charge in [-0.1, -0.05) is 39.0 Å². The van der Waals surface area contributed by atoms with Gasteiger partial charge in [0, 0.05) is 12.0 Å². The van der Waals surface area contributed by atoms with Crippen LogP contribution in [-0.2, 0) is 4.79 Å². The van der Waals surface area contributed by atoms with Crippen LogP contribution in [0.3, 0.4) is 0 Å². The number of carboxylic acids is 1. The number of Topliss-reactive ketones (excluding diaryl/α,β-unsaturated/α-hetero) is 1. The normalized spacial score (nSPS) is 11.3. The lowest BCUT2D eigenvalue weighted by atomic mass is 10.0. The number of ketones is 1. The second-order valence-electron chi connectivity index (χ2n) is 5.39. The number of ether oxygens (including phenoxy) is 1. The summed E-state index contributed by atoms with van der Waals surface area (Å²) in [6, 6.07) is 5.08. The van der Waals surface area contributed by atoms with Gasteiger partial charge in [-0.15, -0.1) is 0 Å². The lowest BCUT2D eigenvalue weighted by Crippen LogP contribution is -2.34. The second-order valence-corrected chi connectivity index (χ2v) is 5.39. The van der Waals surface area contributed by atoms with Crippen molar-refractivity contribution in [3.63, 3.8) is 0 Å². The van der Waals surface area contributed by atoms with Crippen LogP contribution in [0.5, 0.6) is 5.75 Å². The predicted molar refractivity (Wildman–Crippen MR) is 82.0 cm³/mol. The smallest absolute Gasteiger partial charge is 0.474 e. The van der Waals surface area contributed by atoms with Crippen molar-refractivity contribution in [3.05, 3.63) is 29.8 Å². The highest BCUT2D eigenvalue weighted by Crippen LogP contribution is 2.22. The fourth-order valence-corrected chi connectivity index (χ4v) is 2.11. The molecule has 0 heterocycles. The van der Waals surface area contributed by atoms with Crippen LogP contribution in [0.1, 0.15) is 62.2 Å². The Morgan fingerprint density at radius 2 is 1.61 bits per heavy atom. The summed E-state index contributed by atoms with van der Waals surface area (Å²) in [5.41, 5.74) is 0.407. The van der Waals surface area contributed by atoms with Gasteiger partial charge in [0.2, 0.25) is 0 Å². The van der Waals surface area contributed by atoms with E-state index in [1.54, 1.807) is 0 Å². The van der Waals surface area contributed by atoms with Crippen molar-refractivity contribution in [2.45, 2.75) is 58.0 Å². The third-order valence-electron chi connectivity index (χ3n) is 3.43. The molecule has 23 heavy (non-hydrogen) atoms. The first-order chi connectivity index (χ1) is 10.9. The number of halogens is 2. The topological polar surface area (TPSA) is 63.6 Å². The van der Waals surface area contributed by atoms with E-state index in [0.717, 1.165) is 19.3 Å². The minimum atomic E-state index is -4.29. The summed E-state index contributed by atoms with van der Waals surface area (Å²) in [4.78, 5) is 22.2. The van der Waals surface area contributed by atoms with Crippen molar-refractivity contribution in [2.24, 2.45) is 0 Å². The Morgan fingerprint density at radius 3 is 2.17 bits per heavy atom. The maximum atomic E-state index is 12.9. The van der Waals surface area contributed by atoms with Gasteiger partial charge in [-0.3, -0.25) is 4.79 Å². The van der Waals surface area contributed by atoms with Crippen LogP contribution in [-0.4, -0.2) is 23.0 Å². The summed E-state index contributed by atoms with van der Waals surface area (Å²) in [6.07, 6.45) is 2.59. The average Bonchev–Trinajstić information content (AvgIpc) is 2.50. The first-order valence-electron chi connectivity index (χ1n) is 7.80. The number of aliphatic carboxylic acids is 1. The highest BCUT2D eigenvalue weighted by atomic mass is 19.3. The fourth-order valence-electron chi connectivity index (χ4n) is 2.11. The van der Waals surface area contributed by atoms with Crippen molar-refractivity contribution in [1.82, 2.24) is 0 Å². The number of carboxylic acid groups (broad SMARTS) is 1. The first kappa shape index (κ1) is 19.1. The van der Waals surface area contributed by atoms with Crippen LogP contribution in [0, 0.1) is 0 Å². The quantitative estimate of drug-likeness (QED) is 0.473. The molecule has 0 unspecified atom stereocenters. The Balaban J connectivity index is 2.43. The van der Waals surface area contributed by atoms with Gasteiger partial charge in [-0.2, -0.15) is 8.78 Å².